The Hall–Kier alpha value is -5.24. The Labute approximate surface area is 254 Å². The number of hydrogen-bond acceptors (Lipinski definition) is 8. The fourth-order valence-electron chi connectivity index (χ4n) is 6.11. The molecular formula is C36H30O8. The van der Waals surface area contributed by atoms with E-state index in [9.17, 15) is 9.59 Å². The molecule has 4 aromatic carbocycles. The molecule has 7 rings (SSSR count). The topological polar surface area (TPSA) is 89.5 Å². The molecule has 0 bridgehead atoms. The zero-order chi connectivity index (χ0) is 30.2. The number of carbonyl (C=O) groups is 2. The number of hydrogen-bond donors (Lipinski definition) is 0. The third kappa shape index (κ3) is 4.92. The Balaban J connectivity index is 1.20. The summed E-state index contributed by atoms with van der Waals surface area (Å²) in [7, 11) is 3.10. The normalized spacial score (nSPS) is 17.2. The van der Waals surface area contributed by atoms with E-state index in [0.29, 0.717) is 52.0 Å². The SMILES string of the molecule is COc1cccc(/C=C2\Oc3c(ccc4c3[C@@H](c3ccccc3OCCc3ccc5c(c3)CCO5)CC(=O)O4)C2=O)c1OC. The molecule has 0 unspecified atom stereocenters. The molecule has 8 nitrogen and oxygen atoms in total. The number of rotatable bonds is 8. The van der Waals surface area contributed by atoms with Crippen LogP contribution in [0.3, 0.4) is 0 Å². The monoisotopic (exact) mass is 590 g/mol. The van der Waals surface area contributed by atoms with Gasteiger partial charge in [0.1, 0.15) is 23.0 Å². The molecule has 0 N–H and O–H groups in total. The minimum Gasteiger partial charge on any atom is -0.493 e. The third-order valence-corrected chi connectivity index (χ3v) is 8.20. The quantitative estimate of drug-likeness (QED) is 0.134. The maximum atomic E-state index is 13.6. The lowest BCUT2D eigenvalue weighted by Gasteiger charge is -2.27. The standard InChI is InChI=1S/C36H30O8/c1-39-30-9-5-6-23(35(30)40-2)19-31-34(38)25-11-13-29-33(36(25)44-31)26(20-32(37)43-29)24-7-3-4-8-28(24)42-16-14-21-10-12-27-22(18-21)15-17-41-27/h3-13,18-19,26H,14-17,20H2,1-2H3/b31-19-/t26-/m1/s1. The van der Waals surface area contributed by atoms with Crippen molar-refractivity contribution in [2.24, 2.45) is 0 Å². The van der Waals surface area contributed by atoms with Gasteiger partial charge in [-0.15, -0.1) is 0 Å². The molecule has 222 valence electrons. The van der Waals surface area contributed by atoms with Crippen molar-refractivity contribution >= 4 is 17.8 Å². The molecule has 0 amide bonds. The van der Waals surface area contributed by atoms with E-state index in [4.69, 9.17) is 28.4 Å². The molecule has 0 aromatic heterocycles. The van der Waals surface area contributed by atoms with Gasteiger partial charge in [-0.25, -0.2) is 0 Å². The van der Waals surface area contributed by atoms with Crippen LogP contribution in [0.25, 0.3) is 6.08 Å². The number of methoxy groups -OCH3 is 2. The van der Waals surface area contributed by atoms with Gasteiger partial charge in [-0.1, -0.05) is 42.5 Å². The van der Waals surface area contributed by atoms with Crippen LogP contribution in [0, 0.1) is 0 Å². The van der Waals surface area contributed by atoms with Crippen molar-refractivity contribution in [3.8, 4) is 34.5 Å². The van der Waals surface area contributed by atoms with E-state index in [1.54, 1.807) is 38.5 Å². The maximum absolute atomic E-state index is 13.6. The number of para-hydroxylation sites is 2. The van der Waals surface area contributed by atoms with Gasteiger partial charge >= 0.3 is 5.97 Å². The molecule has 8 heteroatoms. The second kappa shape index (κ2) is 11.4. The van der Waals surface area contributed by atoms with E-state index in [1.807, 2.05) is 42.5 Å². The Bertz CT molecular complexity index is 1820. The van der Waals surface area contributed by atoms with Gasteiger partial charge in [0, 0.05) is 35.4 Å². The summed E-state index contributed by atoms with van der Waals surface area (Å²) in [4.78, 5) is 26.4. The van der Waals surface area contributed by atoms with Gasteiger partial charge in [-0.05, 0) is 47.5 Å². The summed E-state index contributed by atoms with van der Waals surface area (Å²) in [6.07, 6.45) is 3.36. The van der Waals surface area contributed by atoms with Crippen LogP contribution < -0.4 is 28.4 Å². The summed E-state index contributed by atoms with van der Waals surface area (Å²) in [6.45, 7) is 1.18. The van der Waals surface area contributed by atoms with Crippen LogP contribution in [0.5, 0.6) is 34.5 Å². The molecule has 0 saturated heterocycles. The highest BCUT2D eigenvalue weighted by atomic mass is 16.5. The van der Waals surface area contributed by atoms with Gasteiger partial charge in [-0.3, -0.25) is 9.59 Å². The average molecular weight is 591 g/mol. The van der Waals surface area contributed by atoms with Crippen molar-refractivity contribution in [1.29, 1.82) is 0 Å². The second-order valence-electron chi connectivity index (χ2n) is 10.8. The van der Waals surface area contributed by atoms with Crippen LogP contribution in [-0.4, -0.2) is 39.2 Å². The summed E-state index contributed by atoms with van der Waals surface area (Å²) in [6, 6.07) is 22.6. The molecule has 3 heterocycles. The molecule has 3 aliphatic heterocycles. The minimum absolute atomic E-state index is 0.0783. The Morgan fingerprint density at radius 1 is 0.886 bits per heavy atom. The molecule has 0 fully saturated rings. The molecule has 44 heavy (non-hydrogen) atoms. The van der Waals surface area contributed by atoms with E-state index < -0.39 is 5.92 Å². The van der Waals surface area contributed by atoms with Crippen molar-refractivity contribution in [3.63, 3.8) is 0 Å². The van der Waals surface area contributed by atoms with E-state index in [0.717, 1.165) is 30.8 Å². The highest BCUT2D eigenvalue weighted by Crippen LogP contribution is 2.50. The maximum Gasteiger partial charge on any atom is 0.312 e. The Morgan fingerprint density at radius 2 is 1.73 bits per heavy atom. The lowest BCUT2D eigenvalue weighted by Crippen LogP contribution is -2.22. The lowest BCUT2D eigenvalue weighted by atomic mass is 9.84. The van der Waals surface area contributed by atoms with E-state index >= 15 is 0 Å². The number of esters is 1. The van der Waals surface area contributed by atoms with Crippen LogP contribution in [-0.2, 0) is 17.6 Å². The summed E-state index contributed by atoms with van der Waals surface area (Å²) in [5.41, 5.74) is 4.90. The summed E-state index contributed by atoms with van der Waals surface area (Å²) >= 11 is 0. The van der Waals surface area contributed by atoms with E-state index in [2.05, 4.69) is 12.1 Å². The molecule has 0 spiro atoms. The van der Waals surface area contributed by atoms with Crippen molar-refractivity contribution < 1.29 is 38.0 Å². The molecule has 3 aliphatic rings. The lowest BCUT2D eigenvalue weighted by molar-refractivity contribution is -0.135. The van der Waals surface area contributed by atoms with Crippen molar-refractivity contribution in [1.82, 2.24) is 0 Å². The first-order chi connectivity index (χ1) is 21.5. The molecular weight excluding hydrogens is 560 g/mol. The summed E-state index contributed by atoms with van der Waals surface area (Å²) < 4.78 is 34.8. The summed E-state index contributed by atoms with van der Waals surface area (Å²) in [5, 5.41) is 0. The van der Waals surface area contributed by atoms with Gasteiger partial charge in [0.05, 0.1) is 39.4 Å². The Morgan fingerprint density at radius 3 is 2.59 bits per heavy atom. The largest absolute Gasteiger partial charge is 0.493 e. The molecule has 0 radical (unpaired) electrons. The number of fused-ring (bicyclic) bond motifs is 4. The highest BCUT2D eigenvalue weighted by Gasteiger charge is 2.39. The predicted octanol–water partition coefficient (Wildman–Crippen LogP) is 6.32. The first kappa shape index (κ1) is 27.6. The van der Waals surface area contributed by atoms with Crippen molar-refractivity contribution in [3.05, 3.63) is 112 Å². The van der Waals surface area contributed by atoms with Gasteiger partial charge in [0.25, 0.3) is 0 Å². The smallest absolute Gasteiger partial charge is 0.312 e. The molecule has 1 atom stereocenters. The minimum atomic E-state index is -0.437. The van der Waals surface area contributed by atoms with Gasteiger partial charge < -0.3 is 28.4 Å². The van der Waals surface area contributed by atoms with Gasteiger partial charge in [0.15, 0.2) is 17.3 Å². The first-order valence-corrected chi connectivity index (χ1v) is 14.5. The zero-order valence-electron chi connectivity index (χ0n) is 24.4. The third-order valence-electron chi connectivity index (χ3n) is 8.20. The predicted molar refractivity (Wildman–Crippen MR) is 162 cm³/mol. The zero-order valence-corrected chi connectivity index (χ0v) is 24.4. The van der Waals surface area contributed by atoms with Crippen molar-refractivity contribution in [2.45, 2.75) is 25.2 Å². The number of ether oxygens (including phenoxy) is 6. The highest BCUT2D eigenvalue weighted by molar-refractivity contribution is 6.15. The second-order valence-corrected chi connectivity index (χ2v) is 10.8. The Kier molecular flexibility index (Phi) is 7.18. The molecule has 0 saturated carbocycles. The van der Waals surface area contributed by atoms with E-state index in [1.165, 1.54) is 11.1 Å². The fraction of sp³-hybridized carbons (Fsp3) is 0.222. The number of benzene rings is 4. The fourth-order valence-corrected chi connectivity index (χ4v) is 6.11. The molecule has 0 aliphatic carbocycles. The molecule has 4 aromatic rings. The number of carbonyl (C=O) groups excluding carboxylic acids is 2. The van der Waals surface area contributed by atoms with Crippen LogP contribution in [0.1, 0.15) is 50.5 Å². The number of Topliss-reactive ketones (excluding diaryl/α,β-unsaturated/α-hetero) is 1. The van der Waals surface area contributed by atoms with Crippen molar-refractivity contribution in [2.75, 3.05) is 27.4 Å². The van der Waals surface area contributed by atoms with Crippen LogP contribution in [0.2, 0.25) is 0 Å². The first-order valence-electron chi connectivity index (χ1n) is 14.5. The number of allylic oxidation sites excluding steroid dienone is 1. The van der Waals surface area contributed by atoms with Crippen LogP contribution in [0.15, 0.2) is 78.6 Å². The average Bonchev–Trinajstić information content (AvgIpc) is 3.64. The van der Waals surface area contributed by atoms with Gasteiger partial charge in [0.2, 0.25) is 5.78 Å². The van der Waals surface area contributed by atoms with Crippen LogP contribution in [0.4, 0.5) is 0 Å². The van der Waals surface area contributed by atoms with Crippen LogP contribution >= 0.6 is 0 Å². The summed E-state index contributed by atoms with van der Waals surface area (Å²) in [5.74, 6) is 2.47. The van der Waals surface area contributed by atoms with E-state index in [-0.39, 0.29) is 23.9 Å². The van der Waals surface area contributed by atoms with Gasteiger partial charge in [-0.2, -0.15) is 0 Å². The number of ketones is 1.